The number of cyclic esters (lactones) is 1. The second-order valence-electron chi connectivity index (χ2n) is 7.73. The number of ether oxygens (including phenoxy) is 2. The van der Waals surface area contributed by atoms with Crippen LogP contribution >= 0.6 is 0 Å². The Morgan fingerprint density at radius 1 is 0.879 bits per heavy atom. The molecule has 0 aliphatic carbocycles. The number of morpholine rings is 1. The van der Waals surface area contributed by atoms with Crippen molar-refractivity contribution in [1.82, 2.24) is 4.90 Å². The average Bonchev–Trinajstić information content (AvgIpc) is 3.16. The van der Waals surface area contributed by atoms with Crippen molar-refractivity contribution in [2.75, 3.05) is 32.8 Å². The Kier molecular flexibility index (Phi) is 8.74. The molecule has 8 nitrogen and oxygen atoms in total. The molecule has 0 saturated carbocycles. The van der Waals surface area contributed by atoms with Crippen LogP contribution < -0.4 is 0 Å². The van der Waals surface area contributed by atoms with Gasteiger partial charge in [0.25, 0.3) is 0 Å². The second kappa shape index (κ2) is 11.9. The van der Waals surface area contributed by atoms with Gasteiger partial charge in [-0.2, -0.15) is 0 Å². The molecule has 0 unspecified atom stereocenters. The smallest absolute Gasteiger partial charge is 0.328 e. The van der Waals surface area contributed by atoms with Gasteiger partial charge in [-0.1, -0.05) is 60.7 Å². The fraction of sp³-hybridized carbons (Fsp3) is 0.320. The molecule has 0 spiro atoms. The molecule has 2 aromatic rings. The van der Waals surface area contributed by atoms with E-state index in [1.165, 1.54) is 5.56 Å². The van der Waals surface area contributed by atoms with Gasteiger partial charge in [-0.25, -0.2) is 9.59 Å². The number of hydrogen-bond donors (Lipinski definition) is 2. The van der Waals surface area contributed by atoms with Crippen LogP contribution in [0.2, 0.25) is 0 Å². The Morgan fingerprint density at radius 3 is 1.91 bits per heavy atom. The van der Waals surface area contributed by atoms with Crippen LogP contribution in [0, 0.1) is 5.92 Å². The molecular formula is C25H27NO7. The summed E-state index contributed by atoms with van der Waals surface area (Å²) < 4.78 is 11.3. The van der Waals surface area contributed by atoms with Crippen LogP contribution in [0.3, 0.4) is 0 Å². The highest BCUT2D eigenvalue weighted by Crippen LogP contribution is 2.46. The summed E-state index contributed by atoms with van der Waals surface area (Å²) in [7, 11) is 0. The maximum absolute atomic E-state index is 12.7. The van der Waals surface area contributed by atoms with Gasteiger partial charge in [0.1, 0.15) is 6.10 Å². The Bertz CT molecular complexity index is 939. The number of esters is 1. The standard InChI is InChI=1S/C21H23NO3.C4H4O4/c23-21-18(15-22-11-13-24-14-12-22)19(16-7-3-1-4-8-16)20(25-21)17-9-5-2-6-10-17;5-3(6)1-2-4(7)8/h1-10,18-20H,11-15H2;1-2H,(H,5,6)(H,7,8)/b;2-1+/t18-,19-,20+;/m1./s1. The predicted octanol–water partition coefficient (Wildman–Crippen LogP) is 2.73. The molecule has 33 heavy (non-hydrogen) atoms. The normalized spacial score (nSPS) is 22.9. The van der Waals surface area contributed by atoms with Crippen molar-refractivity contribution in [3.8, 4) is 0 Å². The number of carboxylic acid groups (broad SMARTS) is 2. The molecular weight excluding hydrogens is 426 g/mol. The van der Waals surface area contributed by atoms with Gasteiger partial charge < -0.3 is 19.7 Å². The zero-order valence-corrected chi connectivity index (χ0v) is 18.1. The maximum atomic E-state index is 12.7. The van der Waals surface area contributed by atoms with Crippen molar-refractivity contribution in [1.29, 1.82) is 0 Å². The van der Waals surface area contributed by atoms with Crippen LogP contribution in [0.1, 0.15) is 23.1 Å². The summed E-state index contributed by atoms with van der Waals surface area (Å²) >= 11 is 0. The van der Waals surface area contributed by atoms with E-state index in [0.29, 0.717) is 12.2 Å². The fourth-order valence-electron chi connectivity index (χ4n) is 4.04. The van der Waals surface area contributed by atoms with E-state index >= 15 is 0 Å². The summed E-state index contributed by atoms with van der Waals surface area (Å²) in [6.45, 7) is 3.95. The number of aliphatic carboxylic acids is 2. The third kappa shape index (κ3) is 7.00. The predicted molar refractivity (Wildman–Crippen MR) is 120 cm³/mol. The zero-order valence-electron chi connectivity index (χ0n) is 18.1. The molecule has 2 heterocycles. The molecule has 2 N–H and O–H groups in total. The molecule has 2 aromatic carbocycles. The largest absolute Gasteiger partial charge is 0.478 e. The van der Waals surface area contributed by atoms with E-state index in [9.17, 15) is 14.4 Å². The first-order chi connectivity index (χ1) is 16.0. The first-order valence-electron chi connectivity index (χ1n) is 10.7. The number of benzene rings is 2. The SMILES string of the molecule is O=C(O)/C=C/C(=O)O.O=C1O[C@@H](c2ccccc2)[C@H](c2ccccc2)[C@H]1CN1CCOCC1. The van der Waals surface area contributed by atoms with E-state index in [1.807, 2.05) is 48.5 Å². The van der Waals surface area contributed by atoms with Crippen molar-refractivity contribution < 1.29 is 34.1 Å². The number of carbonyl (C=O) groups excluding carboxylic acids is 1. The lowest BCUT2D eigenvalue weighted by Crippen LogP contribution is -2.41. The minimum absolute atomic E-state index is 0.0407. The monoisotopic (exact) mass is 453 g/mol. The van der Waals surface area contributed by atoms with Gasteiger partial charge in [-0.15, -0.1) is 0 Å². The number of rotatable bonds is 6. The Morgan fingerprint density at radius 2 is 1.39 bits per heavy atom. The van der Waals surface area contributed by atoms with Gasteiger partial charge in [-0.05, 0) is 11.1 Å². The van der Waals surface area contributed by atoms with Crippen molar-refractivity contribution >= 4 is 17.9 Å². The van der Waals surface area contributed by atoms with E-state index in [-0.39, 0.29) is 23.9 Å². The molecule has 0 aromatic heterocycles. The number of hydrogen-bond acceptors (Lipinski definition) is 6. The van der Waals surface area contributed by atoms with Gasteiger partial charge >= 0.3 is 17.9 Å². The van der Waals surface area contributed by atoms with Crippen molar-refractivity contribution in [3.05, 3.63) is 83.9 Å². The van der Waals surface area contributed by atoms with E-state index in [4.69, 9.17) is 19.7 Å². The lowest BCUT2D eigenvalue weighted by atomic mass is 9.81. The molecule has 0 amide bonds. The molecule has 8 heteroatoms. The minimum Gasteiger partial charge on any atom is -0.478 e. The lowest BCUT2D eigenvalue weighted by molar-refractivity contribution is -0.145. The van der Waals surface area contributed by atoms with E-state index in [1.54, 1.807) is 0 Å². The van der Waals surface area contributed by atoms with Crippen LogP contribution in [0.15, 0.2) is 72.8 Å². The number of carboxylic acids is 2. The molecule has 2 saturated heterocycles. The summed E-state index contributed by atoms with van der Waals surface area (Å²) in [6.07, 6.45) is 0.896. The van der Waals surface area contributed by atoms with Crippen LogP contribution in [0.4, 0.5) is 0 Å². The number of nitrogens with zero attached hydrogens (tertiary/aromatic N) is 1. The summed E-state index contributed by atoms with van der Waals surface area (Å²) in [4.78, 5) is 34.2. The summed E-state index contributed by atoms with van der Waals surface area (Å²) in [5.41, 5.74) is 2.23. The first-order valence-corrected chi connectivity index (χ1v) is 10.7. The Hall–Kier alpha value is -3.49. The molecule has 0 radical (unpaired) electrons. The third-order valence-electron chi connectivity index (χ3n) is 5.55. The molecule has 2 aliphatic heterocycles. The first kappa shape index (κ1) is 24.2. The number of carbonyl (C=O) groups is 3. The molecule has 174 valence electrons. The average molecular weight is 453 g/mol. The van der Waals surface area contributed by atoms with E-state index in [2.05, 4.69) is 17.0 Å². The fourth-order valence-corrected chi connectivity index (χ4v) is 4.04. The van der Waals surface area contributed by atoms with Crippen LogP contribution in [-0.2, 0) is 23.9 Å². The zero-order chi connectivity index (χ0) is 23.6. The lowest BCUT2D eigenvalue weighted by Gasteiger charge is -2.30. The minimum atomic E-state index is -1.26. The van der Waals surface area contributed by atoms with Crippen molar-refractivity contribution in [3.63, 3.8) is 0 Å². The molecule has 3 atom stereocenters. The van der Waals surface area contributed by atoms with Gasteiger partial charge in [0.15, 0.2) is 0 Å². The Labute approximate surface area is 192 Å². The van der Waals surface area contributed by atoms with Crippen molar-refractivity contribution in [2.45, 2.75) is 12.0 Å². The molecule has 2 aliphatic rings. The topological polar surface area (TPSA) is 113 Å². The molecule has 4 rings (SSSR count). The summed E-state index contributed by atoms with van der Waals surface area (Å²) in [5.74, 6) is -2.71. The highest BCUT2D eigenvalue weighted by Gasteiger charge is 2.46. The van der Waals surface area contributed by atoms with Crippen molar-refractivity contribution in [2.24, 2.45) is 5.92 Å². The van der Waals surface area contributed by atoms with E-state index < -0.39 is 11.9 Å². The van der Waals surface area contributed by atoms with Crippen LogP contribution in [-0.4, -0.2) is 65.9 Å². The quantitative estimate of drug-likeness (QED) is 0.507. The Balaban J connectivity index is 0.000000331. The van der Waals surface area contributed by atoms with Gasteiger partial charge in [0.2, 0.25) is 0 Å². The van der Waals surface area contributed by atoms with Gasteiger partial charge in [0.05, 0.1) is 19.1 Å². The highest BCUT2D eigenvalue weighted by atomic mass is 16.6. The van der Waals surface area contributed by atoms with Crippen LogP contribution in [0.25, 0.3) is 0 Å². The van der Waals surface area contributed by atoms with Crippen LogP contribution in [0.5, 0.6) is 0 Å². The highest BCUT2D eigenvalue weighted by molar-refractivity contribution is 5.89. The second-order valence-corrected chi connectivity index (χ2v) is 7.73. The maximum Gasteiger partial charge on any atom is 0.328 e. The van der Waals surface area contributed by atoms with Gasteiger partial charge in [0, 0.05) is 37.7 Å². The molecule has 2 fully saturated rings. The summed E-state index contributed by atoms with van der Waals surface area (Å²) in [6, 6.07) is 20.4. The third-order valence-corrected chi connectivity index (χ3v) is 5.55. The summed E-state index contributed by atoms with van der Waals surface area (Å²) in [5, 5.41) is 15.6. The van der Waals surface area contributed by atoms with Gasteiger partial charge in [-0.3, -0.25) is 9.69 Å². The molecule has 0 bridgehead atoms. The van der Waals surface area contributed by atoms with E-state index in [0.717, 1.165) is 38.4 Å².